The Hall–Kier alpha value is -1.39. The van der Waals surface area contributed by atoms with Gasteiger partial charge in [-0.25, -0.2) is 0 Å². The average Bonchev–Trinajstić information content (AvgIpc) is 2.38. The molecule has 0 aliphatic heterocycles. The molecule has 0 aliphatic carbocycles. The van der Waals surface area contributed by atoms with Crippen LogP contribution in [0.2, 0.25) is 0 Å². The monoisotopic (exact) mass is 250 g/mol. The lowest BCUT2D eigenvalue weighted by atomic mass is 10.0. The Morgan fingerprint density at radius 3 is 2.44 bits per heavy atom. The van der Waals surface area contributed by atoms with Gasteiger partial charge >= 0.3 is 0 Å². The van der Waals surface area contributed by atoms with E-state index >= 15 is 0 Å². The highest BCUT2D eigenvalue weighted by Gasteiger charge is 2.10. The molecule has 1 amide bonds. The van der Waals surface area contributed by atoms with Crippen LogP contribution >= 0.6 is 0 Å². The number of aliphatic hydroxyl groups is 1. The Kier molecular flexibility index (Phi) is 5.82. The molecular weight excluding hydrogens is 228 g/mol. The number of nitrogens with one attached hydrogen (secondary N) is 1. The zero-order valence-electron chi connectivity index (χ0n) is 11.0. The highest BCUT2D eigenvalue weighted by Crippen LogP contribution is 2.14. The van der Waals surface area contributed by atoms with Crippen LogP contribution < -0.4 is 11.1 Å². The molecule has 4 heteroatoms. The maximum absolute atomic E-state index is 11.3. The molecule has 4 nitrogen and oxygen atoms in total. The van der Waals surface area contributed by atoms with Crippen LogP contribution in [0, 0.1) is 0 Å². The average molecular weight is 250 g/mol. The van der Waals surface area contributed by atoms with Gasteiger partial charge in [0.05, 0.1) is 6.61 Å². The van der Waals surface area contributed by atoms with Gasteiger partial charge in [0.1, 0.15) is 6.04 Å². The Balaban J connectivity index is 2.38. The quantitative estimate of drug-likeness (QED) is 0.698. The van der Waals surface area contributed by atoms with E-state index in [-0.39, 0.29) is 12.5 Å². The highest BCUT2D eigenvalue weighted by molar-refractivity contribution is 5.81. The van der Waals surface area contributed by atoms with Crippen LogP contribution in [-0.4, -0.2) is 30.2 Å². The summed E-state index contributed by atoms with van der Waals surface area (Å²) in [6.07, 6.45) is 0.766. The summed E-state index contributed by atoms with van der Waals surface area (Å²) in [6.45, 7) is 4.53. The van der Waals surface area contributed by atoms with Crippen molar-refractivity contribution in [3.63, 3.8) is 0 Å². The molecule has 100 valence electrons. The van der Waals surface area contributed by atoms with Gasteiger partial charge in [-0.2, -0.15) is 0 Å². The first-order chi connectivity index (χ1) is 8.54. The molecule has 1 aromatic carbocycles. The predicted octanol–water partition coefficient (Wildman–Crippen LogP) is 0.788. The molecular formula is C14H22N2O2. The van der Waals surface area contributed by atoms with Crippen LogP contribution in [0.4, 0.5) is 0 Å². The van der Waals surface area contributed by atoms with Crippen molar-refractivity contribution in [2.45, 2.75) is 32.2 Å². The van der Waals surface area contributed by atoms with Gasteiger partial charge in [0.2, 0.25) is 5.91 Å². The van der Waals surface area contributed by atoms with Crippen molar-refractivity contribution >= 4 is 5.91 Å². The third kappa shape index (κ3) is 4.47. The number of benzene rings is 1. The van der Waals surface area contributed by atoms with E-state index in [1.807, 2.05) is 0 Å². The fraction of sp³-hybridized carbons (Fsp3) is 0.500. The molecule has 0 radical (unpaired) electrons. The standard InChI is InChI=1S/C14H22N2O2/c1-10(2)12-5-3-11(4-6-12)7-8-16-14(18)13(15)9-17/h3-6,10,13,17H,7-9,15H2,1-2H3,(H,16,18). The topological polar surface area (TPSA) is 75.4 Å². The molecule has 1 atom stereocenters. The molecule has 0 aromatic heterocycles. The van der Waals surface area contributed by atoms with Crippen molar-refractivity contribution in [1.82, 2.24) is 5.32 Å². The largest absolute Gasteiger partial charge is 0.394 e. The maximum atomic E-state index is 11.3. The van der Waals surface area contributed by atoms with Crippen molar-refractivity contribution in [3.8, 4) is 0 Å². The fourth-order valence-electron chi connectivity index (χ4n) is 1.61. The van der Waals surface area contributed by atoms with Crippen molar-refractivity contribution in [2.24, 2.45) is 5.73 Å². The summed E-state index contributed by atoms with van der Waals surface area (Å²) < 4.78 is 0. The smallest absolute Gasteiger partial charge is 0.239 e. The Labute approximate surface area is 108 Å². The van der Waals surface area contributed by atoms with E-state index in [2.05, 4.69) is 43.4 Å². The Bertz CT molecular complexity index is 374. The molecule has 0 saturated heterocycles. The lowest BCUT2D eigenvalue weighted by Gasteiger charge is -2.10. The SMILES string of the molecule is CC(C)c1ccc(CCNC(=O)C(N)CO)cc1. The molecule has 1 aromatic rings. The first-order valence-electron chi connectivity index (χ1n) is 6.27. The lowest BCUT2D eigenvalue weighted by molar-refractivity contribution is -0.123. The number of aliphatic hydroxyl groups excluding tert-OH is 1. The summed E-state index contributed by atoms with van der Waals surface area (Å²) in [5, 5.41) is 11.4. The third-order valence-corrected chi connectivity index (χ3v) is 2.89. The number of carbonyl (C=O) groups excluding carboxylic acids is 1. The van der Waals surface area contributed by atoms with E-state index in [4.69, 9.17) is 10.8 Å². The van der Waals surface area contributed by atoms with Crippen LogP contribution in [0.5, 0.6) is 0 Å². The van der Waals surface area contributed by atoms with Crippen molar-refractivity contribution < 1.29 is 9.90 Å². The van der Waals surface area contributed by atoms with Gasteiger partial charge in [0.25, 0.3) is 0 Å². The minimum atomic E-state index is -0.826. The maximum Gasteiger partial charge on any atom is 0.239 e. The molecule has 0 aliphatic rings. The Morgan fingerprint density at radius 1 is 1.33 bits per heavy atom. The van der Waals surface area contributed by atoms with Crippen LogP contribution in [0.1, 0.15) is 30.9 Å². The molecule has 0 saturated carbocycles. The van der Waals surface area contributed by atoms with E-state index in [0.29, 0.717) is 12.5 Å². The third-order valence-electron chi connectivity index (χ3n) is 2.89. The zero-order chi connectivity index (χ0) is 13.5. The molecule has 1 rings (SSSR count). The van der Waals surface area contributed by atoms with Crippen molar-refractivity contribution in [2.75, 3.05) is 13.2 Å². The molecule has 0 fully saturated rings. The van der Waals surface area contributed by atoms with Gasteiger partial charge in [0, 0.05) is 6.54 Å². The van der Waals surface area contributed by atoms with Gasteiger partial charge in [-0.05, 0) is 23.5 Å². The molecule has 0 spiro atoms. The summed E-state index contributed by atoms with van der Waals surface area (Å²) in [5.41, 5.74) is 7.88. The molecule has 4 N–H and O–H groups in total. The summed E-state index contributed by atoms with van der Waals surface area (Å²) in [4.78, 5) is 11.3. The van der Waals surface area contributed by atoms with Crippen LogP contribution in [0.3, 0.4) is 0 Å². The number of amides is 1. The second-order valence-electron chi connectivity index (χ2n) is 4.73. The van der Waals surface area contributed by atoms with Crippen molar-refractivity contribution in [1.29, 1.82) is 0 Å². The fourth-order valence-corrected chi connectivity index (χ4v) is 1.61. The minimum Gasteiger partial charge on any atom is -0.394 e. The van der Waals surface area contributed by atoms with Gasteiger partial charge in [-0.15, -0.1) is 0 Å². The lowest BCUT2D eigenvalue weighted by Crippen LogP contribution is -2.43. The summed E-state index contributed by atoms with van der Waals surface area (Å²) >= 11 is 0. The minimum absolute atomic E-state index is 0.309. The van der Waals surface area contributed by atoms with Gasteiger partial charge < -0.3 is 16.2 Å². The normalized spacial score (nSPS) is 12.5. The zero-order valence-corrected chi connectivity index (χ0v) is 11.0. The highest BCUT2D eigenvalue weighted by atomic mass is 16.3. The molecule has 0 heterocycles. The van der Waals surface area contributed by atoms with Gasteiger partial charge in [-0.3, -0.25) is 4.79 Å². The summed E-state index contributed by atoms with van der Waals surface area (Å²) in [5.74, 6) is 0.220. The molecule has 0 bridgehead atoms. The number of carbonyl (C=O) groups is 1. The van der Waals surface area contributed by atoms with E-state index < -0.39 is 6.04 Å². The number of hydrogen-bond acceptors (Lipinski definition) is 3. The molecule has 1 unspecified atom stereocenters. The van der Waals surface area contributed by atoms with Gasteiger partial charge in [-0.1, -0.05) is 38.1 Å². The van der Waals surface area contributed by atoms with Crippen LogP contribution in [0.25, 0.3) is 0 Å². The van der Waals surface area contributed by atoms with Crippen molar-refractivity contribution in [3.05, 3.63) is 35.4 Å². The van der Waals surface area contributed by atoms with Crippen LogP contribution in [0.15, 0.2) is 24.3 Å². The second-order valence-corrected chi connectivity index (χ2v) is 4.73. The summed E-state index contributed by atoms with van der Waals surface area (Å²) in [7, 11) is 0. The van der Waals surface area contributed by atoms with E-state index in [9.17, 15) is 4.79 Å². The van der Waals surface area contributed by atoms with E-state index in [1.165, 1.54) is 11.1 Å². The predicted molar refractivity (Wildman–Crippen MR) is 72.3 cm³/mol. The molecule has 18 heavy (non-hydrogen) atoms. The number of hydrogen-bond donors (Lipinski definition) is 3. The number of rotatable bonds is 6. The first-order valence-corrected chi connectivity index (χ1v) is 6.27. The summed E-state index contributed by atoms with van der Waals surface area (Å²) in [6, 6.07) is 7.55. The van der Waals surface area contributed by atoms with Gasteiger partial charge in [0.15, 0.2) is 0 Å². The first kappa shape index (κ1) is 14.7. The van der Waals surface area contributed by atoms with E-state index in [0.717, 1.165) is 6.42 Å². The van der Waals surface area contributed by atoms with E-state index in [1.54, 1.807) is 0 Å². The second kappa shape index (κ2) is 7.13. The number of nitrogens with two attached hydrogens (primary N) is 1. The Morgan fingerprint density at radius 2 is 1.94 bits per heavy atom. The van der Waals surface area contributed by atoms with Crippen LogP contribution in [-0.2, 0) is 11.2 Å².